The molecule has 0 aliphatic carbocycles. The SMILES string of the molecule is N#CC(C#N)=NNc1cc(C#N)c(Br)cc1Cl. The topological polar surface area (TPSA) is 95.8 Å². The van der Waals surface area contributed by atoms with Gasteiger partial charge in [0.05, 0.1) is 16.3 Å². The van der Waals surface area contributed by atoms with Crippen molar-refractivity contribution in [3.8, 4) is 18.2 Å². The van der Waals surface area contributed by atoms with Gasteiger partial charge in [-0.25, -0.2) is 0 Å². The Morgan fingerprint density at radius 2 is 1.94 bits per heavy atom. The Bertz CT molecular complexity index is 587. The van der Waals surface area contributed by atoms with Crippen LogP contribution in [0.15, 0.2) is 21.7 Å². The van der Waals surface area contributed by atoms with Gasteiger partial charge in [0, 0.05) is 4.47 Å². The van der Waals surface area contributed by atoms with Crippen LogP contribution in [0.3, 0.4) is 0 Å². The van der Waals surface area contributed by atoms with E-state index in [-0.39, 0.29) is 5.71 Å². The van der Waals surface area contributed by atoms with Crippen molar-refractivity contribution in [1.29, 1.82) is 15.8 Å². The lowest BCUT2D eigenvalue weighted by molar-refractivity contribution is 1.33. The lowest BCUT2D eigenvalue weighted by Crippen LogP contribution is -1.97. The van der Waals surface area contributed by atoms with Gasteiger partial charge in [0.2, 0.25) is 5.71 Å². The zero-order chi connectivity index (χ0) is 12.8. The monoisotopic (exact) mass is 307 g/mol. The first-order valence-electron chi connectivity index (χ1n) is 4.15. The van der Waals surface area contributed by atoms with Gasteiger partial charge in [-0.2, -0.15) is 20.9 Å². The molecule has 7 heteroatoms. The molecule has 0 atom stereocenters. The molecular formula is C10H3BrClN5. The van der Waals surface area contributed by atoms with Crippen LogP contribution >= 0.6 is 27.5 Å². The number of hydrazone groups is 1. The Hall–Kier alpha value is -2.07. The van der Waals surface area contributed by atoms with Crippen molar-refractivity contribution >= 4 is 38.9 Å². The second-order valence-electron chi connectivity index (χ2n) is 2.72. The molecule has 0 radical (unpaired) electrons. The number of anilines is 1. The average molecular weight is 309 g/mol. The normalized spacial score (nSPS) is 8.41. The predicted molar refractivity (Wildman–Crippen MR) is 66.2 cm³/mol. The van der Waals surface area contributed by atoms with Gasteiger partial charge in [-0.15, -0.1) is 0 Å². The van der Waals surface area contributed by atoms with Crippen LogP contribution in [0.1, 0.15) is 5.56 Å². The van der Waals surface area contributed by atoms with Gasteiger partial charge in [0.15, 0.2) is 0 Å². The molecule has 1 aromatic carbocycles. The molecule has 0 aliphatic heterocycles. The summed E-state index contributed by atoms with van der Waals surface area (Å²) < 4.78 is 0.556. The summed E-state index contributed by atoms with van der Waals surface area (Å²) in [6.07, 6.45) is 0. The van der Waals surface area contributed by atoms with Gasteiger partial charge in [0.1, 0.15) is 18.2 Å². The summed E-state index contributed by atoms with van der Waals surface area (Å²) in [6.45, 7) is 0. The zero-order valence-corrected chi connectivity index (χ0v) is 10.5. The van der Waals surface area contributed by atoms with Crippen LogP contribution in [0.2, 0.25) is 5.02 Å². The Labute approximate surface area is 111 Å². The predicted octanol–water partition coefficient (Wildman–Crippen LogP) is 2.79. The Kier molecular flexibility index (Phi) is 4.48. The maximum atomic E-state index is 8.81. The van der Waals surface area contributed by atoms with Crippen LogP contribution in [0, 0.1) is 34.0 Å². The highest BCUT2D eigenvalue weighted by Crippen LogP contribution is 2.29. The molecule has 0 heterocycles. The van der Waals surface area contributed by atoms with Crippen molar-refractivity contribution in [2.45, 2.75) is 0 Å². The first-order valence-corrected chi connectivity index (χ1v) is 5.32. The minimum atomic E-state index is -0.331. The third-order valence-electron chi connectivity index (χ3n) is 1.68. The third kappa shape index (κ3) is 3.19. The smallest absolute Gasteiger partial charge is 0.237 e. The van der Waals surface area contributed by atoms with E-state index in [4.69, 9.17) is 27.4 Å². The van der Waals surface area contributed by atoms with Crippen LogP contribution in [-0.4, -0.2) is 5.71 Å². The maximum absolute atomic E-state index is 8.81. The number of nitriles is 3. The third-order valence-corrected chi connectivity index (χ3v) is 2.65. The van der Waals surface area contributed by atoms with Crippen molar-refractivity contribution < 1.29 is 0 Å². The fraction of sp³-hybridized carbons (Fsp3) is 0. The van der Waals surface area contributed by atoms with E-state index < -0.39 is 0 Å². The first-order chi connectivity index (χ1) is 8.12. The maximum Gasteiger partial charge on any atom is 0.237 e. The minimum absolute atomic E-state index is 0.315. The molecule has 1 N–H and O–H groups in total. The van der Waals surface area contributed by atoms with E-state index in [0.717, 1.165) is 0 Å². The highest BCUT2D eigenvalue weighted by atomic mass is 79.9. The molecule has 0 aliphatic rings. The number of halogens is 2. The summed E-state index contributed by atoms with van der Waals surface area (Å²) in [5, 5.41) is 29.6. The fourth-order valence-corrected chi connectivity index (χ4v) is 1.68. The molecule has 1 rings (SSSR count). The van der Waals surface area contributed by atoms with E-state index in [9.17, 15) is 0 Å². The second kappa shape index (κ2) is 5.86. The molecule has 5 nitrogen and oxygen atoms in total. The Morgan fingerprint density at radius 3 is 2.47 bits per heavy atom. The van der Waals surface area contributed by atoms with E-state index in [2.05, 4.69) is 26.5 Å². The quantitative estimate of drug-likeness (QED) is 0.671. The number of nitrogens with zero attached hydrogens (tertiary/aromatic N) is 4. The molecule has 17 heavy (non-hydrogen) atoms. The van der Waals surface area contributed by atoms with E-state index in [1.54, 1.807) is 12.1 Å². The van der Waals surface area contributed by atoms with Crippen LogP contribution in [0.25, 0.3) is 0 Å². The van der Waals surface area contributed by atoms with E-state index in [0.29, 0.717) is 20.7 Å². The summed E-state index contributed by atoms with van der Waals surface area (Å²) in [6, 6.07) is 8.12. The Balaban J connectivity index is 3.10. The molecule has 0 aromatic heterocycles. The lowest BCUT2D eigenvalue weighted by atomic mass is 10.2. The number of hydrogen-bond donors (Lipinski definition) is 1. The molecular weight excluding hydrogens is 306 g/mol. The molecule has 0 saturated heterocycles. The summed E-state index contributed by atoms with van der Waals surface area (Å²) in [4.78, 5) is 0. The van der Waals surface area contributed by atoms with Crippen molar-refractivity contribution in [2.24, 2.45) is 5.10 Å². The number of nitrogens with one attached hydrogen (secondary N) is 1. The zero-order valence-electron chi connectivity index (χ0n) is 8.20. The van der Waals surface area contributed by atoms with Gasteiger partial charge >= 0.3 is 0 Å². The first kappa shape index (κ1) is 13.0. The average Bonchev–Trinajstić information content (AvgIpc) is 2.32. The van der Waals surface area contributed by atoms with Gasteiger partial charge in [-0.05, 0) is 28.1 Å². The van der Waals surface area contributed by atoms with Crippen molar-refractivity contribution in [3.63, 3.8) is 0 Å². The number of rotatable bonds is 2. The molecule has 0 bridgehead atoms. The van der Waals surface area contributed by atoms with E-state index >= 15 is 0 Å². The van der Waals surface area contributed by atoms with Crippen LogP contribution in [0.4, 0.5) is 5.69 Å². The molecule has 0 unspecified atom stereocenters. The molecule has 0 fully saturated rings. The van der Waals surface area contributed by atoms with Gasteiger partial charge in [0.25, 0.3) is 0 Å². The van der Waals surface area contributed by atoms with E-state index in [1.165, 1.54) is 12.1 Å². The van der Waals surface area contributed by atoms with Crippen LogP contribution in [-0.2, 0) is 0 Å². The van der Waals surface area contributed by atoms with Crippen LogP contribution < -0.4 is 5.43 Å². The molecule has 0 saturated carbocycles. The summed E-state index contributed by atoms with van der Waals surface area (Å²) >= 11 is 9.06. The minimum Gasteiger partial charge on any atom is -0.275 e. The second-order valence-corrected chi connectivity index (χ2v) is 3.98. The summed E-state index contributed by atoms with van der Waals surface area (Å²) in [5.41, 5.74) is 2.83. The highest BCUT2D eigenvalue weighted by molar-refractivity contribution is 9.10. The highest BCUT2D eigenvalue weighted by Gasteiger charge is 2.06. The molecule has 0 spiro atoms. The van der Waals surface area contributed by atoms with Gasteiger partial charge in [-0.1, -0.05) is 11.6 Å². The summed E-state index contributed by atoms with van der Waals surface area (Å²) in [5.74, 6) is 0. The molecule has 82 valence electrons. The largest absolute Gasteiger partial charge is 0.275 e. The number of benzene rings is 1. The van der Waals surface area contributed by atoms with Crippen molar-refractivity contribution in [2.75, 3.05) is 5.43 Å². The lowest BCUT2D eigenvalue weighted by Gasteiger charge is -2.04. The van der Waals surface area contributed by atoms with Crippen LogP contribution in [0.5, 0.6) is 0 Å². The van der Waals surface area contributed by atoms with Gasteiger partial charge in [-0.3, -0.25) is 5.43 Å². The Morgan fingerprint density at radius 1 is 1.29 bits per heavy atom. The molecule has 0 amide bonds. The standard InChI is InChI=1S/C10H3BrClN5/c11-8-2-9(12)10(1-6(8)3-13)17-16-7(4-14)5-15/h1-2,17H. The molecule has 1 aromatic rings. The van der Waals surface area contributed by atoms with Crippen molar-refractivity contribution in [1.82, 2.24) is 0 Å². The number of hydrogen-bond acceptors (Lipinski definition) is 5. The van der Waals surface area contributed by atoms with Gasteiger partial charge < -0.3 is 0 Å². The van der Waals surface area contributed by atoms with E-state index in [1.807, 2.05) is 6.07 Å². The summed E-state index contributed by atoms with van der Waals surface area (Å²) in [7, 11) is 0. The fourth-order valence-electron chi connectivity index (χ4n) is 0.911. The van der Waals surface area contributed by atoms with Crippen molar-refractivity contribution in [3.05, 3.63) is 27.2 Å².